The molecule has 1 amide bonds. The molecule has 1 aromatic heterocycles. The molecule has 2 saturated heterocycles. The maximum absolute atomic E-state index is 12.5. The van der Waals surface area contributed by atoms with E-state index in [0.717, 1.165) is 37.9 Å². The van der Waals surface area contributed by atoms with Crippen molar-refractivity contribution in [1.29, 1.82) is 0 Å². The number of carbonyl (C=O) groups is 1. The van der Waals surface area contributed by atoms with Gasteiger partial charge < -0.3 is 19.3 Å². The molecule has 26 heavy (non-hydrogen) atoms. The summed E-state index contributed by atoms with van der Waals surface area (Å²) >= 11 is 0. The second-order valence-electron chi connectivity index (χ2n) is 7.89. The van der Waals surface area contributed by atoms with Crippen molar-refractivity contribution in [1.82, 2.24) is 19.8 Å². The number of carbonyl (C=O) groups excluding carboxylic acids is 1. The van der Waals surface area contributed by atoms with E-state index in [9.17, 15) is 4.79 Å². The number of rotatable bonds is 5. The molecule has 1 aliphatic carbocycles. The number of nitrogens with zero attached hydrogens (tertiary/aromatic N) is 5. The molecule has 8 nitrogen and oxygen atoms in total. The molecule has 3 heterocycles. The number of aromatic nitrogens is 2. The van der Waals surface area contributed by atoms with Gasteiger partial charge in [-0.1, -0.05) is 0 Å². The molecule has 3 fully saturated rings. The molecule has 1 atom stereocenters. The zero-order chi connectivity index (χ0) is 18.3. The normalized spacial score (nSPS) is 25.0. The highest BCUT2D eigenvalue weighted by atomic mass is 16.5. The van der Waals surface area contributed by atoms with Crippen molar-refractivity contribution in [2.75, 3.05) is 58.9 Å². The lowest BCUT2D eigenvalue weighted by molar-refractivity contribution is -0.167. The molecule has 0 bridgehead atoms. The molecule has 142 valence electrons. The van der Waals surface area contributed by atoms with E-state index in [2.05, 4.69) is 19.8 Å². The summed E-state index contributed by atoms with van der Waals surface area (Å²) in [6.45, 7) is 3.81. The number of hydrogen-bond acceptors (Lipinski definition) is 7. The zero-order valence-corrected chi connectivity index (χ0v) is 15.7. The monoisotopic (exact) mass is 361 g/mol. The van der Waals surface area contributed by atoms with Crippen molar-refractivity contribution in [2.45, 2.75) is 24.5 Å². The topological polar surface area (TPSA) is 71.0 Å². The van der Waals surface area contributed by atoms with E-state index in [-0.39, 0.29) is 17.6 Å². The van der Waals surface area contributed by atoms with Gasteiger partial charge in [-0.2, -0.15) is 0 Å². The number of amides is 1. The van der Waals surface area contributed by atoms with E-state index in [1.807, 2.05) is 20.2 Å². The lowest BCUT2D eigenvalue weighted by Crippen LogP contribution is -2.73. The highest BCUT2D eigenvalue weighted by molar-refractivity contribution is 5.81. The Hall–Kier alpha value is -1.93. The third kappa shape index (κ3) is 3.35. The van der Waals surface area contributed by atoms with Crippen LogP contribution in [-0.2, 0) is 9.53 Å². The van der Waals surface area contributed by atoms with Crippen LogP contribution in [0.2, 0.25) is 0 Å². The predicted octanol–water partition coefficient (Wildman–Crippen LogP) is 0.243. The van der Waals surface area contributed by atoms with Crippen molar-refractivity contribution in [2.24, 2.45) is 5.92 Å². The van der Waals surface area contributed by atoms with Gasteiger partial charge in [-0.3, -0.25) is 9.69 Å². The summed E-state index contributed by atoms with van der Waals surface area (Å²) in [5.74, 6) is 2.29. The van der Waals surface area contributed by atoms with Gasteiger partial charge in [0.1, 0.15) is 23.8 Å². The maximum atomic E-state index is 12.5. The SMILES string of the molecule is COc1cc(N2CC3(C2)CN(CC2CC2)[C@@H](C(=O)N(C)C)CO3)ncn1. The molecule has 1 spiro atoms. The minimum absolute atomic E-state index is 0.136. The van der Waals surface area contributed by atoms with Crippen LogP contribution in [0.15, 0.2) is 12.4 Å². The van der Waals surface area contributed by atoms with Crippen LogP contribution < -0.4 is 9.64 Å². The summed E-state index contributed by atoms with van der Waals surface area (Å²) in [6, 6.07) is 1.68. The standard InChI is InChI=1S/C18H27N5O3/c1-21(2)17(24)14-8-26-18(9-22(14)7-13-4-5-13)10-23(11-18)15-6-16(25-3)20-12-19-15/h6,12-14H,4-5,7-11H2,1-3H3/t14-/m1/s1. The smallest absolute Gasteiger partial charge is 0.241 e. The van der Waals surface area contributed by atoms with Gasteiger partial charge in [-0.15, -0.1) is 0 Å². The van der Waals surface area contributed by atoms with Gasteiger partial charge in [-0.05, 0) is 18.8 Å². The summed E-state index contributed by atoms with van der Waals surface area (Å²) < 4.78 is 11.4. The Morgan fingerprint density at radius 3 is 2.77 bits per heavy atom. The van der Waals surface area contributed by atoms with Gasteiger partial charge in [0, 0.05) is 33.3 Å². The van der Waals surface area contributed by atoms with E-state index in [0.29, 0.717) is 12.5 Å². The fraction of sp³-hybridized carbons (Fsp3) is 0.722. The van der Waals surface area contributed by atoms with Gasteiger partial charge in [0.15, 0.2) is 0 Å². The van der Waals surface area contributed by atoms with Crippen LogP contribution in [0.5, 0.6) is 5.88 Å². The lowest BCUT2D eigenvalue weighted by atomic mass is 9.90. The zero-order valence-electron chi connectivity index (χ0n) is 15.7. The van der Waals surface area contributed by atoms with Crippen molar-refractivity contribution in [3.8, 4) is 5.88 Å². The van der Waals surface area contributed by atoms with Crippen LogP contribution in [0, 0.1) is 5.92 Å². The molecule has 0 radical (unpaired) electrons. The summed E-state index contributed by atoms with van der Waals surface area (Å²) in [7, 11) is 5.23. The van der Waals surface area contributed by atoms with Crippen molar-refractivity contribution in [3.63, 3.8) is 0 Å². The molecule has 1 aromatic rings. The molecule has 0 N–H and O–H groups in total. The van der Waals surface area contributed by atoms with E-state index in [1.54, 1.807) is 12.0 Å². The molecule has 8 heteroatoms. The number of methoxy groups -OCH3 is 1. The van der Waals surface area contributed by atoms with Crippen LogP contribution in [0.1, 0.15) is 12.8 Å². The maximum Gasteiger partial charge on any atom is 0.241 e. The number of hydrogen-bond donors (Lipinski definition) is 0. The van der Waals surface area contributed by atoms with Crippen LogP contribution in [0.4, 0.5) is 5.82 Å². The number of ether oxygens (including phenoxy) is 2. The van der Waals surface area contributed by atoms with E-state index >= 15 is 0 Å². The lowest BCUT2D eigenvalue weighted by Gasteiger charge is -2.56. The van der Waals surface area contributed by atoms with Crippen molar-refractivity contribution >= 4 is 11.7 Å². The number of morpholine rings is 1. The third-order valence-electron chi connectivity index (χ3n) is 5.51. The van der Waals surface area contributed by atoms with E-state index in [1.165, 1.54) is 19.2 Å². The summed E-state index contributed by atoms with van der Waals surface area (Å²) in [4.78, 5) is 27.1. The molecule has 0 aromatic carbocycles. The Morgan fingerprint density at radius 1 is 1.35 bits per heavy atom. The molecule has 0 unspecified atom stereocenters. The molecule has 1 saturated carbocycles. The first-order valence-electron chi connectivity index (χ1n) is 9.20. The highest BCUT2D eigenvalue weighted by Crippen LogP contribution is 2.37. The van der Waals surface area contributed by atoms with Gasteiger partial charge in [0.25, 0.3) is 0 Å². The highest BCUT2D eigenvalue weighted by Gasteiger charge is 2.51. The molecule has 3 aliphatic rings. The second-order valence-corrected chi connectivity index (χ2v) is 7.89. The minimum Gasteiger partial charge on any atom is -0.481 e. The Labute approximate surface area is 154 Å². The molecular formula is C18H27N5O3. The average molecular weight is 361 g/mol. The van der Waals surface area contributed by atoms with E-state index < -0.39 is 0 Å². The summed E-state index contributed by atoms with van der Waals surface area (Å²) in [5.41, 5.74) is -0.212. The average Bonchev–Trinajstić information content (AvgIpc) is 3.43. The van der Waals surface area contributed by atoms with Crippen LogP contribution in [-0.4, -0.2) is 91.3 Å². The Bertz CT molecular complexity index is 673. The Morgan fingerprint density at radius 2 is 2.12 bits per heavy atom. The fourth-order valence-corrected chi connectivity index (χ4v) is 3.85. The Balaban J connectivity index is 1.43. The minimum atomic E-state index is -0.212. The first kappa shape index (κ1) is 17.5. The quantitative estimate of drug-likeness (QED) is 0.744. The largest absolute Gasteiger partial charge is 0.481 e. The first-order chi connectivity index (χ1) is 12.5. The number of anilines is 1. The molecule has 4 rings (SSSR count). The molecular weight excluding hydrogens is 334 g/mol. The van der Waals surface area contributed by atoms with Gasteiger partial charge in [0.05, 0.1) is 26.8 Å². The number of likely N-dealkylation sites (N-methyl/N-ethyl adjacent to an activating group) is 1. The first-order valence-corrected chi connectivity index (χ1v) is 9.20. The van der Waals surface area contributed by atoms with Gasteiger partial charge in [-0.25, -0.2) is 9.97 Å². The Kier molecular flexibility index (Phi) is 4.48. The predicted molar refractivity (Wildman–Crippen MR) is 96.3 cm³/mol. The van der Waals surface area contributed by atoms with Crippen molar-refractivity contribution in [3.05, 3.63) is 12.4 Å². The fourth-order valence-electron chi connectivity index (χ4n) is 3.85. The van der Waals surface area contributed by atoms with Crippen molar-refractivity contribution < 1.29 is 14.3 Å². The summed E-state index contributed by atoms with van der Waals surface area (Å²) in [6.07, 6.45) is 4.08. The second kappa shape index (κ2) is 6.66. The summed E-state index contributed by atoms with van der Waals surface area (Å²) in [5, 5.41) is 0. The van der Waals surface area contributed by atoms with Crippen LogP contribution in [0.25, 0.3) is 0 Å². The van der Waals surface area contributed by atoms with Gasteiger partial charge >= 0.3 is 0 Å². The van der Waals surface area contributed by atoms with Crippen LogP contribution >= 0.6 is 0 Å². The van der Waals surface area contributed by atoms with Crippen LogP contribution in [0.3, 0.4) is 0 Å². The molecule has 2 aliphatic heterocycles. The van der Waals surface area contributed by atoms with Gasteiger partial charge in [0.2, 0.25) is 11.8 Å². The van der Waals surface area contributed by atoms with E-state index in [4.69, 9.17) is 9.47 Å². The third-order valence-corrected chi connectivity index (χ3v) is 5.51.